The van der Waals surface area contributed by atoms with Crippen LogP contribution in [0.2, 0.25) is 0 Å². The van der Waals surface area contributed by atoms with Gasteiger partial charge >= 0.3 is 5.97 Å². The molecule has 1 heterocycles. The highest BCUT2D eigenvalue weighted by molar-refractivity contribution is 5.93. The van der Waals surface area contributed by atoms with Crippen molar-refractivity contribution in [2.45, 2.75) is 27.2 Å². The van der Waals surface area contributed by atoms with Crippen LogP contribution >= 0.6 is 0 Å². The summed E-state index contributed by atoms with van der Waals surface area (Å²) in [5.74, 6) is 1.05. The number of nitrogens with one attached hydrogen (secondary N) is 1. The van der Waals surface area contributed by atoms with E-state index in [0.29, 0.717) is 30.0 Å². The number of amides is 1. The van der Waals surface area contributed by atoms with Crippen LogP contribution < -0.4 is 10.1 Å². The van der Waals surface area contributed by atoms with Crippen molar-refractivity contribution in [3.8, 4) is 5.75 Å². The van der Waals surface area contributed by atoms with Gasteiger partial charge in [0.1, 0.15) is 22.8 Å². The van der Waals surface area contributed by atoms with Crippen LogP contribution in [0.5, 0.6) is 5.75 Å². The summed E-state index contributed by atoms with van der Waals surface area (Å²) in [6.45, 7) is 5.37. The third-order valence-electron chi connectivity index (χ3n) is 4.01. The Hall–Kier alpha value is -2.76. The Bertz CT molecular complexity index is 763. The second kappa shape index (κ2) is 8.37. The molecule has 2 rings (SSSR count). The Labute approximate surface area is 147 Å². The van der Waals surface area contributed by atoms with E-state index in [1.165, 1.54) is 0 Å². The predicted molar refractivity (Wildman–Crippen MR) is 92.9 cm³/mol. The molecule has 0 bridgehead atoms. The molecule has 0 saturated heterocycles. The fourth-order valence-corrected chi connectivity index (χ4v) is 2.59. The summed E-state index contributed by atoms with van der Waals surface area (Å²) in [5, 5.41) is 2.73. The second-order valence-electron chi connectivity index (χ2n) is 5.70. The number of hydrogen-bond acceptors (Lipinski definition) is 5. The molecule has 1 aromatic heterocycles. The highest BCUT2D eigenvalue weighted by Crippen LogP contribution is 2.21. The monoisotopic (exact) mass is 345 g/mol. The van der Waals surface area contributed by atoms with Gasteiger partial charge in [-0.3, -0.25) is 4.79 Å². The number of esters is 1. The first-order chi connectivity index (χ1) is 11.9. The SMILES string of the molecule is COc1ccccc1CCNC(=O)COC(=O)c1c(C)oc(C)c1C. The fraction of sp³-hybridized carbons (Fsp3) is 0.368. The molecule has 0 saturated carbocycles. The molecule has 0 atom stereocenters. The number of furan rings is 1. The molecule has 1 amide bonds. The summed E-state index contributed by atoms with van der Waals surface area (Å²) in [5.41, 5.74) is 2.13. The molecule has 1 aromatic carbocycles. The van der Waals surface area contributed by atoms with Gasteiger partial charge in [-0.1, -0.05) is 18.2 Å². The van der Waals surface area contributed by atoms with Crippen LogP contribution in [0, 0.1) is 20.8 Å². The molecule has 0 aliphatic rings. The minimum absolute atomic E-state index is 0.326. The zero-order valence-electron chi connectivity index (χ0n) is 15.0. The topological polar surface area (TPSA) is 77.8 Å². The number of ether oxygens (including phenoxy) is 2. The predicted octanol–water partition coefficient (Wildman–Crippen LogP) is 2.73. The van der Waals surface area contributed by atoms with E-state index in [1.807, 2.05) is 24.3 Å². The van der Waals surface area contributed by atoms with E-state index in [0.717, 1.165) is 16.9 Å². The van der Waals surface area contributed by atoms with E-state index in [-0.39, 0.29) is 12.5 Å². The summed E-state index contributed by atoms with van der Waals surface area (Å²) in [7, 11) is 1.61. The third kappa shape index (κ3) is 4.62. The third-order valence-corrected chi connectivity index (χ3v) is 4.01. The van der Waals surface area contributed by atoms with Crippen molar-refractivity contribution >= 4 is 11.9 Å². The van der Waals surface area contributed by atoms with Gasteiger partial charge in [0.05, 0.1) is 7.11 Å². The standard InChI is InChI=1S/C19H23NO5/c1-12-13(2)25-14(3)18(12)19(22)24-11-17(21)20-10-9-15-7-5-6-8-16(15)23-4/h5-8H,9-11H2,1-4H3,(H,20,21). The lowest BCUT2D eigenvalue weighted by atomic mass is 10.1. The first kappa shape index (κ1) is 18.6. The number of carbonyl (C=O) groups is 2. The molecule has 25 heavy (non-hydrogen) atoms. The van der Waals surface area contributed by atoms with Gasteiger partial charge in [0.2, 0.25) is 0 Å². The molecule has 6 heteroatoms. The lowest BCUT2D eigenvalue weighted by molar-refractivity contribution is -0.124. The quantitative estimate of drug-likeness (QED) is 0.781. The molecular weight excluding hydrogens is 322 g/mol. The molecule has 2 aromatic rings. The molecule has 0 fully saturated rings. The Kier molecular flexibility index (Phi) is 6.22. The van der Waals surface area contributed by atoms with E-state index >= 15 is 0 Å². The number of methoxy groups -OCH3 is 1. The van der Waals surface area contributed by atoms with Crippen molar-refractivity contribution in [1.82, 2.24) is 5.32 Å². The molecule has 0 aliphatic carbocycles. The van der Waals surface area contributed by atoms with Gasteiger partial charge in [-0.2, -0.15) is 0 Å². The summed E-state index contributed by atoms with van der Waals surface area (Å²) < 4.78 is 15.7. The smallest absolute Gasteiger partial charge is 0.342 e. The van der Waals surface area contributed by atoms with Crippen LogP contribution in [-0.4, -0.2) is 32.1 Å². The number of hydrogen-bond donors (Lipinski definition) is 1. The Balaban J connectivity index is 1.80. The number of benzene rings is 1. The van der Waals surface area contributed by atoms with Crippen molar-refractivity contribution in [3.63, 3.8) is 0 Å². The van der Waals surface area contributed by atoms with Crippen molar-refractivity contribution in [2.75, 3.05) is 20.3 Å². The summed E-state index contributed by atoms with van der Waals surface area (Å²) in [6.07, 6.45) is 0.628. The Morgan fingerprint density at radius 2 is 1.84 bits per heavy atom. The van der Waals surface area contributed by atoms with E-state index in [1.54, 1.807) is 27.9 Å². The fourth-order valence-electron chi connectivity index (χ4n) is 2.59. The van der Waals surface area contributed by atoms with Crippen LogP contribution in [0.15, 0.2) is 28.7 Å². The average molecular weight is 345 g/mol. The normalized spacial score (nSPS) is 10.4. The van der Waals surface area contributed by atoms with Crippen LogP contribution in [0.3, 0.4) is 0 Å². The van der Waals surface area contributed by atoms with E-state index in [2.05, 4.69) is 5.32 Å². The zero-order chi connectivity index (χ0) is 18.4. The van der Waals surface area contributed by atoms with Crippen molar-refractivity contribution in [2.24, 2.45) is 0 Å². The van der Waals surface area contributed by atoms with Crippen LogP contribution in [-0.2, 0) is 16.0 Å². The van der Waals surface area contributed by atoms with Crippen LogP contribution in [0.4, 0.5) is 0 Å². The molecule has 1 N–H and O–H groups in total. The van der Waals surface area contributed by atoms with Gasteiger partial charge in [0.15, 0.2) is 6.61 Å². The van der Waals surface area contributed by atoms with E-state index in [9.17, 15) is 9.59 Å². The average Bonchev–Trinajstić information content (AvgIpc) is 2.85. The maximum absolute atomic E-state index is 12.1. The van der Waals surface area contributed by atoms with Crippen LogP contribution in [0.25, 0.3) is 0 Å². The zero-order valence-corrected chi connectivity index (χ0v) is 15.0. The largest absolute Gasteiger partial charge is 0.496 e. The van der Waals surface area contributed by atoms with E-state index in [4.69, 9.17) is 13.9 Å². The lowest BCUT2D eigenvalue weighted by Crippen LogP contribution is -2.30. The minimum Gasteiger partial charge on any atom is -0.496 e. The molecule has 0 radical (unpaired) electrons. The highest BCUT2D eigenvalue weighted by Gasteiger charge is 2.20. The van der Waals surface area contributed by atoms with Gasteiger partial charge in [0, 0.05) is 12.1 Å². The number of rotatable bonds is 7. The summed E-state index contributed by atoms with van der Waals surface area (Å²) >= 11 is 0. The maximum Gasteiger partial charge on any atom is 0.342 e. The minimum atomic E-state index is -0.549. The van der Waals surface area contributed by atoms with Gasteiger partial charge < -0.3 is 19.2 Å². The number of para-hydroxylation sites is 1. The molecule has 6 nitrogen and oxygen atoms in total. The Morgan fingerprint density at radius 1 is 1.12 bits per heavy atom. The van der Waals surface area contributed by atoms with Crippen molar-refractivity contribution in [3.05, 3.63) is 52.5 Å². The number of aryl methyl sites for hydroxylation is 2. The summed E-state index contributed by atoms with van der Waals surface area (Å²) in [6, 6.07) is 7.62. The maximum atomic E-state index is 12.1. The van der Waals surface area contributed by atoms with E-state index < -0.39 is 5.97 Å². The first-order valence-electron chi connectivity index (χ1n) is 8.06. The number of carbonyl (C=O) groups excluding carboxylic acids is 2. The molecule has 134 valence electrons. The summed E-state index contributed by atoms with van der Waals surface area (Å²) in [4.78, 5) is 24.0. The van der Waals surface area contributed by atoms with Crippen molar-refractivity contribution < 1.29 is 23.5 Å². The van der Waals surface area contributed by atoms with Crippen molar-refractivity contribution in [1.29, 1.82) is 0 Å². The lowest BCUT2D eigenvalue weighted by Gasteiger charge is -2.09. The highest BCUT2D eigenvalue weighted by atomic mass is 16.5. The van der Waals surface area contributed by atoms with Crippen LogP contribution in [0.1, 0.15) is 33.0 Å². The molecule has 0 spiro atoms. The van der Waals surface area contributed by atoms with Gasteiger partial charge in [-0.05, 0) is 38.8 Å². The second-order valence-corrected chi connectivity index (χ2v) is 5.70. The van der Waals surface area contributed by atoms with Gasteiger partial charge in [-0.15, -0.1) is 0 Å². The first-order valence-corrected chi connectivity index (χ1v) is 8.06. The van der Waals surface area contributed by atoms with Gasteiger partial charge in [0.25, 0.3) is 5.91 Å². The Morgan fingerprint density at radius 3 is 2.48 bits per heavy atom. The molecule has 0 unspecified atom stereocenters. The van der Waals surface area contributed by atoms with Gasteiger partial charge in [-0.25, -0.2) is 4.79 Å². The molecular formula is C19H23NO5. The molecule has 0 aliphatic heterocycles.